The molecule has 0 saturated heterocycles. The molecule has 5 rings (SSSR count). The highest BCUT2D eigenvalue weighted by atomic mass is 35.5. The van der Waals surface area contributed by atoms with Crippen molar-refractivity contribution in [1.82, 2.24) is 4.98 Å². The minimum atomic E-state index is -0.947. The number of hydrogen-bond donors (Lipinski definition) is 0. The van der Waals surface area contributed by atoms with Crippen LogP contribution in [0, 0.1) is 10.1 Å². The summed E-state index contributed by atoms with van der Waals surface area (Å²) in [6, 6.07) is 14.4. The Morgan fingerprint density at radius 1 is 1.06 bits per heavy atom. The second-order valence-electron chi connectivity index (χ2n) is 6.93. The molecule has 0 bridgehead atoms. The van der Waals surface area contributed by atoms with Gasteiger partial charge < -0.3 is 4.42 Å². The highest BCUT2D eigenvalue weighted by Gasteiger charge is 2.44. The van der Waals surface area contributed by atoms with Gasteiger partial charge in [-0.1, -0.05) is 29.8 Å². The molecule has 0 N–H and O–H groups in total. The maximum atomic E-state index is 13.4. The van der Waals surface area contributed by atoms with Gasteiger partial charge in [0.15, 0.2) is 5.43 Å². The number of nitrogens with zero attached hydrogens (tertiary/aromatic N) is 3. The first kappa shape index (κ1) is 19.0. The summed E-state index contributed by atoms with van der Waals surface area (Å²) in [5.74, 6) is -0.391. The summed E-state index contributed by atoms with van der Waals surface area (Å²) in [4.78, 5) is 43.2. The molecule has 0 fully saturated rings. The van der Waals surface area contributed by atoms with Crippen LogP contribution >= 0.6 is 11.6 Å². The van der Waals surface area contributed by atoms with Crippen molar-refractivity contribution in [1.29, 1.82) is 0 Å². The molecule has 0 spiro atoms. The molecule has 1 aliphatic rings. The Kier molecular flexibility index (Phi) is 4.30. The zero-order valence-corrected chi connectivity index (χ0v) is 16.4. The molecule has 8 nitrogen and oxygen atoms in total. The molecular formula is C22H12ClN3O5. The largest absolute Gasteiger partial charge is 0.450 e. The van der Waals surface area contributed by atoms with E-state index < -0.39 is 22.3 Å². The minimum Gasteiger partial charge on any atom is -0.450 e. The molecule has 2 aromatic heterocycles. The minimum absolute atomic E-state index is 0.0888. The number of carbonyl (C=O) groups excluding carboxylic acids is 1. The van der Waals surface area contributed by atoms with E-state index in [0.29, 0.717) is 10.6 Å². The van der Waals surface area contributed by atoms with Gasteiger partial charge in [-0.2, -0.15) is 0 Å². The maximum absolute atomic E-state index is 13.4. The monoisotopic (exact) mass is 433 g/mol. The summed E-state index contributed by atoms with van der Waals surface area (Å²) in [5.41, 5.74) is 0.114. The topological polar surface area (TPSA) is 107 Å². The van der Waals surface area contributed by atoms with Crippen LogP contribution in [0.3, 0.4) is 0 Å². The molecule has 1 atom stereocenters. The first-order chi connectivity index (χ1) is 15.0. The molecule has 4 aromatic rings. The zero-order valence-electron chi connectivity index (χ0n) is 15.7. The fourth-order valence-corrected chi connectivity index (χ4v) is 3.97. The van der Waals surface area contributed by atoms with Crippen LogP contribution in [0.25, 0.3) is 11.0 Å². The number of benzene rings is 2. The number of anilines is 1. The number of fused-ring (bicyclic) bond motifs is 2. The Labute approximate surface area is 179 Å². The maximum Gasteiger partial charge on any atom is 0.296 e. The van der Waals surface area contributed by atoms with E-state index >= 15 is 0 Å². The van der Waals surface area contributed by atoms with Gasteiger partial charge in [0.05, 0.1) is 21.9 Å². The first-order valence-electron chi connectivity index (χ1n) is 9.21. The van der Waals surface area contributed by atoms with E-state index in [0.717, 1.165) is 0 Å². The predicted octanol–water partition coefficient (Wildman–Crippen LogP) is 4.50. The molecule has 0 radical (unpaired) electrons. The fourth-order valence-electron chi connectivity index (χ4n) is 3.80. The SMILES string of the molecule is O=C1c2oc3ccc(Cl)cc3c(=O)c2[C@@H](c2cccc([N+](=O)[O-])c2)N1c1ccccn1. The van der Waals surface area contributed by atoms with Crippen LogP contribution in [-0.4, -0.2) is 15.8 Å². The highest BCUT2D eigenvalue weighted by Crippen LogP contribution is 2.41. The van der Waals surface area contributed by atoms with Crippen molar-refractivity contribution in [3.63, 3.8) is 0 Å². The van der Waals surface area contributed by atoms with Crippen molar-refractivity contribution in [2.45, 2.75) is 6.04 Å². The zero-order chi connectivity index (χ0) is 21.7. The number of amides is 1. The van der Waals surface area contributed by atoms with Crippen molar-refractivity contribution in [2.75, 3.05) is 4.90 Å². The summed E-state index contributed by atoms with van der Waals surface area (Å²) >= 11 is 6.06. The Morgan fingerprint density at radius 2 is 1.90 bits per heavy atom. The molecular weight excluding hydrogens is 422 g/mol. The summed E-state index contributed by atoms with van der Waals surface area (Å²) in [6.07, 6.45) is 1.52. The second kappa shape index (κ2) is 7.03. The molecule has 0 aliphatic carbocycles. The molecule has 2 aromatic carbocycles. The fraction of sp³-hybridized carbons (Fsp3) is 0.0455. The van der Waals surface area contributed by atoms with E-state index in [9.17, 15) is 19.7 Å². The molecule has 1 aliphatic heterocycles. The lowest BCUT2D eigenvalue weighted by Gasteiger charge is -2.23. The number of pyridine rings is 1. The lowest BCUT2D eigenvalue weighted by atomic mass is 9.98. The van der Waals surface area contributed by atoms with Gasteiger partial charge in [0, 0.05) is 23.4 Å². The van der Waals surface area contributed by atoms with Crippen LogP contribution in [0.4, 0.5) is 11.5 Å². The molecule has 0 saturated carbocycles. The van der Waals surface area contributed by atoms with Crippen LogP contribution in [0.5, 0.6) is 0 Å². The molecule has 152 valence electrons. The number of rotatable bonds is 3. The number of halogens is 1. The molecule has 3 heterocycles. The predicted molar refractivity (Wildman–Crippen MR) is 113 cm³/mol. The van der Waals surface area contributed by atoms with Crippen LogP contribution in [0.2, 0.25) is 5.02 Å². The lowest BCUT2D eigenvalue weighted by Crippen LogP contribution is -2.30. The van der Waals surface area contributed by atoms with E-state index in [2.05, 4.69) is 4.98 Å². The summed E-state index contributed by atoms with van der Waals surface area (Å²) in [5, 5.41) is 11.9. The van der Waals surface area contributed by atoms with Crippen LogP contribution < -0.4 is 10.3 Å². The summed E-state index contributed by atoms with van der Waals surface area (Å²) in [6.45, 7) is 0. The number of non-ortho nitro benzene ring substituents is 1. The van der Waals surface area contributed by atoms with E-state index in [1.54, 1.807) is 30.3 Å². The van der Waals surface area contributed by atoms with Gasteiger partial charge in [-0.05, 0) is 35.9 Å². The van der Waals surface area contributed by atoms with E-state index in [4.69, 9.17) is 16.0 Å². The van der Waals surface area contributed by atoms with Gasteiger partial charge in [0.1, 0.15) is 11.4 Å². The highest BCUT2D eigenvalue weighted by molar-refractivity contribution is 6.31. The van der Waals surface area contributed by atoms with E-state index in [-0.39, 0.29) is 33.8 Å². The number of carbonyl (C=O) groups is 1. The van der Waals surface area contributed by atoms with Gasteiger partial charge in [-0.15, -0.1) is 0 Å². The van der Waals surface area contributed by atoms with Crippen LogP contribution in [0.15, 0.2) is 76.1 Å². The Morgan fingerprint density at radius 3 is 2.65 bits per heavy atom. The third-order valence-corrected chi connectivity index (χ3v) is 5.36. The molecule has 9 heteroatoms. The smallest absolute Gasteiger partial charge is 0.296 e. The quantitative estimate of drug-likeness (QED) is 0.348. The number of nitro benzene ring substituents is 1. The third-order valence-electron chi connectivity index (χ3n) is 5.13. The second-order valence-corrected chi connectivity index (χ2v) is 7.37. The van der Waals surface area contributed by atoms with Crippen molar-refractivity contribution >= 4 is 40.0 Å². The molecule has 31 heavy (non-hydrogen) atoms. The van der Waals surface area contributed by atoms with E-state index in [1.807, 2.05) is 0 Å². The Bertz CT molecular complexity index is 1430. The Hall–Kier alpha value is -4.04. The average Bonchev–Trinajstić information content (AvgIpc) is 3.07. The number of hydrogen-bond acceptors (Lipinski definition) is 6. The van der Waals surface area contributed by atoms with Crippen molar-refractivity contribution in [2.24, 2.45) is 0 Å². The molecule has 0 unspecified atom stereocenters. The van der Waals surface area contributed by atoms with E-state index in [1.165, 1.54) is 41.4 Å². The summed E-state index contributed by atoms with van der Waals surface area (Å²) < 4.78 is 5.82. The van der Waals surface area contributed by atoms with Crippen molar-refractivity contribution in [3.8, 4) is 0 Å². The van der Waals surface area contributed by atoms with Gasteiger partial charge in [0.25, 0.3) is 11.6 Å². The normalized spacial score (nSPS) is 15.3. The van der Waals surface area contributed by atoms with Gasteiger partial charge >= 0.3 is 0 Å². The average molecular weight is 434 g/mol. The first-order valence-corrected chi connectivity index (χ1v) is 9.58. The number of aromatic nitrogens is 1. The van der Waals surface area contributed by atoms with Gasteiger partial charge in [0.2, 0.25) is 5.76 Å². The summed E-state index contributed by atoms with van der Waals surface area (Å²) in [7, 11) is 0. The van der Waals surface area contributed by atoms with Crippen LogP contribution in [0.1, 0.15) is 27.7 Å². The third kappa shape index (κ3) is 2.96. The van der Waals surface area contributed by atoms with Crippen molar-refractivity contribution < 1.29 is 14.1 Å². The van der Waals surface area contributed by atoms with Crippen LogP contribution in [-0.2, 0) is 0 Å². The lowest BCUT2D eigenvalue weighted by molar-refractivity contribution is -0.384. The van der Waals surface area contributed by atoms with Gasteiger partial charge in [-0.3, -0.25) is 24.6 Å². The van der Waals surface area contributed by atoms with Crippen molar-refractivity contribution in [3.05, 3.63) is 109 Å². The van der Waals surface area contributed by atoms with Gasteiger partial charge in [-0.25, -0.2) is 4.98 Å². The standard InChI is InChI=1S/C22H12ClN3O5/c23-13-7-8-16-15(11-13)20(27)18-19(12-4-3-5-14(10-12)26(29)30)25(22(28)21(18)31-16)17-6-1-2-9-24-17/h1-11,19H/t19-/m1/s1. The molecule has 1 amide bonds. The Balaban J connectivity index is 1.83. The number of nitro groups is 1.